The molecule has 0 aliphatic rings. The van der Waals surface area contributed by atoms with Gasteiger partial charge in [-0.2, -0.15) is 0 Å². The molecule has 0 bridgehead atoms. The number of likely N-dealkylation sites (N-methyl/N-ethyl adjacent to an activating group) is 1. The lowest BCUT2D eigenvalue weighted by molar-refractivity contribution is 0.587. The molecule has 0 saturated heterocycles. The summed E-state index contributed by atoms with van der Waals surface area (Å²) in [5.74, 6) is 0.484. The minimum Gasteiger partial charge on any atom is -0.337 e. The van der Waals surface area contributed by atoms with Crippen LogP contribution in [-0.4, -0.2) is 43.1 Å². The molecule has 0 unspecified atom stereocenters. The summed E-state index contributed by atoms with van der Waals surface area (Å²) in [6, 6.07) is 0. The molecule has 1 heterocycles. The van der Waals surface area contributed by atoms with Gasteiger partial charge < -0.3 is 9.88 Å². The van der Waals surface area contributed by atoms with E-state index >= 15 is 0 Å². The van der Waals surface area contributed by atoms with Gasteiger partial charge in [-0.3, -0.25) is 0 Å². The van der Waals surface area contributed by atoms with Gasteiger partial charge in [0.1, 0.15) is 9.84 Å². The maximum Gasteiger partial charge on any atom is 0.150 e. The predicted molar refractivity (Wildman–Crippen MR) is 68.8 cm³/mol. The van der Waals surface area contributed by atoms with Gasteiger partial charge in [0.2, 0.25) is 0 Å². The molecule has 0 aliphatic heterocycles. The van der Waals surface area contributed by atoms with Crippen molar-refractivity contribution in [2.45, 2.75) is 26.3 Å². The van der Waals surface area contributed by atoms with Gasteiger partial charge in [-0.15, -0.1) is 0 Å². The first-order chi connectivity index (χ1) is 8.07. The van der Waals surface area contributed by atoms with E-state index in [-0.39, 0.29) is 11.5 Å². The molecule has 0 aliphatic carbocycles. The van der Waals surface area contributed by atoms with Crippen molar-refractivity contribution in [3.8, 4) is 0 Å². The van der Waals surface area contributed by atoms with Crippen LogP contribution in [-0.2, 0) is 22.8 Å². The number of nitrogens with one attached hydrogen (secondary N) is 1. The van der Waals surface area contributed by atoms with Gasteiger partial charge in [-0.25, -0.2) is 13.4 Å². The van der Waals surface area contributed by atoms with Crippen LogP contribution in [0.25, 0.3) is 0 Å². The smallest absolute Gasteiger partial charge is 0.150 e. The van der Waals surface area contributed by atoms with E-state index in [1.165, 1.54) is 0 Å². The van der Waals surface area contributed by atoms with Crippen LogP contribution in [0.5, 0.6) is 0 Å². The fourth-order valence-electron chi connectivity index (χ4n) is 1.52. The average Bonchev–Trinajstić information content (AvgIpc) is 2.74. The van der Waals surface area contributed by atoms with E-state index in [0.29, 0.717) is 13.0 Å². The molecule has 17 heavy (non-hydrogen) atoms. The number of sulfone groups is 1. The van der Waals surface area contributed by atoms with Crippen molar-refractivity contribution in [1.29, 1.82) is 0 Å². The summed E-state index contributed by atoms with van der Waals surface area (Å²) in [5.41, 5.74) is 1.04. The van der Waals surface area contributed by atoms with Gasteiger partial charge in [-0.1, -0.05) is 6.92 Å². The Labute approximate surface area is 103 Å². The fraction of sp³-hybridized carbons (Fsp3) is 0.727. The molecule has 0 saturated carbocycles. The van der Waals surface area contributed by atoms with Crippen LogP contribution in [0.1, 0.15) is 19.0 Å². The second-order valence-electron chi connectivity index (χ2n) is 4.05. The van der Waals surface area contributed by atoms with Gasteiger partial charge in [-0.05, 0) is 13.5 Å². The van der Waals surface area contributed by atoms with Crippen LogP contribution in [0.2, 0.25) is 0 Å². The molecule has 0 radical (unpaired) electrons. The predicted octanol–water partition coefficient (Wildman–Crippen LogP) is 0.470. The topological polar surface area (TPSA) is 64.0 Å². The standard InChI is InChI=1S/C11H21N3O2S/c1-3-17(15,16)8-4-7-14-9-11(13-10-14)5-6-12-2/h9-10,12H,3-8H2,1-2H3. The van der Waals surface area contributed by atoms with Crippen molar-refractivity contribution in [2.24, 2.45) is 0 Å². The number of hydrogen-bond donors (Lipinski definition) is 1. The van der Waals surface area contributed by atoms with Crippen molar-refractivity contribution in [3.05, 3.63) is 18.2 Å². The highest BCUT2D eigenvalue weighted by Gasteiger charge is 2.06. The molecule has 0 atom stereocenters. The van der Waals surface area contributed by atoms with Gasteiger partial charge in [0.25, 0.3) is 0 Å². The van der Waals surface area contributed by atoms with Crippen molar-refractivity contribution < 1.29 is 8.42 Å². The Morgan fingerprint density at radius 2 is 2.24 bits per heavy atom. The van der Waals surface area contributed by atoms with Gasteiger partial charge in [0, 0.05) is 31.5 Å². The Hall–Kier alpha value is -0.880. The van der Waals surface area contributed by atoms with Crippen LogP contribution in [0, 0.1) is 0 Å². The van der Waals surface area contributed by atoms with Gasteiger partial charge >= 0.3 is 0 Å². The van der Waals surface area contributed by atoms with Crippen molar-refractivity contribution in [3.63, 3.8) is 0 Å². The molecule has 98 valence electrons. The highest BCUT2D eigenvalue weighted by atomic mass is 32.2. The number of aryl methyl sites for hydroxylation is 1. The van der Waals surface area contributed by atoms with Crippen LogP contribution < -0.4 is 5.32 Å². The Kier molecular flexibility index (Phi) is 5.64. The largest absolute Gasteiger partial charge is 0.337 e. The molecule has 5 nitrogen and oxygen atoms in total. The lowest BCUT2D eigenvalue weighted by atomic mass is 10.3. The third kappa shape index (κ3) is 5.32. The molecule has 0 spiro atoms. The first kappa shape index (κ1) is 14.2. The fourth-order valence-corrected chi connectivity index (χ4v) is 2.38. The second kappa shape index (κ2) is 6.76. The summed E-state index contributed by atoms with van der Waals surface area (Å²) in [7, 11) is -0.931. The van der Waals surface area contributed by atoms with E-state index in [9.17, 15) is 8.42 Å². The first-order valence-corrected chi connectivity index (χ1v) is 7.75. The maximum atomic E-state index is 11.3. The van der Waals surface area contributed by atoms with Crippen LogP contribution >= 0.6 is 0 Å². The van der Waals surface area contributed by atoms with Crippen molar-refractivity contribution in [2.75, 3.05) is 25.1 Å². The zero-order valence-corrected chi connectivity index (χ0v) is 11.3. The van der Waals surface area contributed by atoms with E-state index in [2.05, 4.69) is 10.3 Å². The van der Waals surface area contributed by atoms with Crippen LogP contribution in [0.4, 0.5) is 0 Å². The summed E-state index contributed by atoms with van der Waals surface area (Å²) in [6.45, 7) is 3.30. The van der Waals surface area contributed by atoms with E-state index in [1.807, 2.05) is 17.8 Å². The molecule has 1 aromatic rings. The van der Waals surface area contributed by atoms with Gasteiger partial charge in [0.05, 0.1) is 17.8 Å². The average molecular weight is 259 g/mol. The quantitative estimate of drug-likeness (QED) is 0.737. The summed E-state index contributed by atoms with van der Waals surface area (Å²) >= 11 is 0. The zero-order valence-electron chi connectivity index (χ0n) is 10.5. The zero-order chi connectivity index (χ0) is 12.7. The second-order valence-corrected chi connectivity index (χ2v) is 6.52. The molecule has 0 amide bonds. The Morgan fingerprint density at radius 1 is 1.47 bits per heavy atom. The molecule has 6 heteroatoms. The third-order valence-electron chi connectivity index (χ3n) is 2.63. The lowest BCUT2D eigenvalue weighted by Crippen LogP contribution is -2.11. The minimum absolute atomic E-state index is 0.227. The van der Waals surface area contributed by atoms with Crippen LogP contribution in [0.15, 0.2) is 12.5 Å². The summed E-state index contributed by atoms with van der Waals surface area (Å²) in [5, 5.41) is 3.07. The number of hydrogen-bond acceptors (Lipinski definition) is 4. The highest BCUT2D eigenvalue weighted by molar-refractivity contribution is 7.91. The minimum atomic E-state index is -2.84. The Balaban J connectivity index is 2.35. The van der Waals surface area contributed by atoms with E-state index < -0.39 is 9.84 Å². The van der Waals surface area contributed by atoms with Gasteiger partial charge in [0.15, 0.2) is 0 Å². The molecule has 0 aromatic carbocycles. The molecule has 1 N–H and O–H groups in total. The lowest BCUT2D eigenvalue weighted by Gasteiger charge is -2.02. The number of rotatable bonds is 8. The van der Waals surface area contributed by atoms with Crippen LogP contribution in [0.3, 0.4) is 0 Å². The summed E-state index contributed by atoms with van der Waals surface area (Å²) < 4.78 is 24.6. The van der Waals surface area contributed by atoms with E-state index in [1.54, 1.807) is 13.3 Å². The number of imidazole rings is 1. The first-order valence-electron chi connectivity index (χ1n) is 5.93. The Bertz CT molecular complexity index is 426. The third-order valence-corrected chi connectivity index (χ3v) is 4.42. The normalized spacial score (nSPS) is 11.9. The molecule has 0 fully saturated rings. The van der Waals surface area contributed by atoms with E-state index in [0.717, 1.165) is 18.7 Å². The molecular formula is C11H21N3O2S. The summed E-state index contributed by atoms with van der Waals surface area (Å²) in [4.78, 5) is 4.26. The molecular weight excluding hydrogens is 238 g/mol. The van der Waals surface area contributed by atoms with E-state index in [4.69, 9.17) is 0 Å². The SMILES string of the molecule is CCS(=O)(=O)CCCn1cnc(CCNC)c1. The van der Waals surface area contributed by atoms with Crippen molar-refractivity contribution >= 4 is 9.84 Å². The maximum absolute atomic E-state index is 11.3. The molecule has 1 aromatic heterocycles. The summed E-state index contributed by atoms with van der Waals surface area (Å²) in [6.07, 6.45) is 5.30. The Morgan fingerprint density at radius 3 is 2.88 bits per heavy atom. The number of aromatic nitrogens is 2. The number of nitrogens with zero attached hydrogens (tertiary/aromatic N) is 2. The monoisotopic (exact) mass is 259 g/mol. The van der Waals surface area contributed by atoms with Crippen molar-refractivity contribution in [1.82, 2.24) is 14.9 Å². The highest BCUT2D eigenvalue weighted by Crippen LogP contribution is 2.00. The molecule has 1 rings (SSSR count).